The summed E-state index contributed by atoms with van der Waals surface area (Å²) in [5.74, 6) is 1.00. The van der Waals surface area contributed by atoms with Crippen LogP contribution >= 0.6 is 11.6 Å². The summed E-state index contributed by atoms with van der Waals surface area (Å²) >= 11 is 5.98. The summed E-state index contributed by atoms with van der Waals surface area (Å²) in [4.78, 5) is 25.3. The van der Waals surface area contributed by atoms with Crippen molar-refractivity contribution in [2.75, 3.05) is 19.0 Å². The van der Waals surface area contributed by atoms with Crippen molar-refractivity contribution in [1.29, 1.82) is 0 Å². The second kappa shape index (κ2) is 10.8. The Morgan fingerprint density at radius 3 is 2.50 bits per heavy atom. The van der Waals surface area contributed by atoms with Crippen molar-refractivity contribution >= 4 is 29.0 Å². The highest BCUT2D eigenvalue weighted by atomic mass is 35.5. The number of hydrogen-bond acceptors (Lipinski definition) is 4. The van der Waals surface area contributed by atoms with Gasteiger partial charge >= 0.3 is 0 Å². The molecule has 0 radical (unpaired) electrons. The second-order valence-corrected chi connectivity index (χ2v) is 7.78. The van der Waals surface area contributed by atoms with Crippen LogP contribution in [0.5, 0.6) is 11.5 Å². The van der Waals surface area contributed by atoms with Gasteiger partial charge in [0.25, 0.3) is 5.91 Å². The molecule has 0 bridgehead atoms. The van der Waals surface area contributed by atoms with Gasteiger partial charge in [-0.25, -0.2) is 0 Å². The molecule has 32 heavy (non-hydrogen) atoms. The number of ketones is 1. The first-order valence-electron chi connectivity index (χ1n) is 10.4. The number of nitrogens with one attached hydrogen (secondary N) is 1. The third kappa shape index (κ3) is 5.89. The standard InChI is InChI=1S/C26H26ClNO4/c1-4-25(29)23-16-21(32-13-12-18-6-5-7-20(15-18)31-3)9-11-24(23)28-26(30)22-10-8-19(27)14-17(22)2/h5-11,14-16H,4,12-13H2,1-3H3,(H,28,30). The maximum Gasteiger partial charge on any atom is 0.255 e. The maximum absolute atomic E-state index is 12.8. The van der Waals surface area contributed by atoms with Crippen molar-refractivity contribution in [1.82, 2.24) is 0 Å². The summed E-state index contributed by atoms with van der Waals surface area (Å²) in [6.07, 6.45) is 1.01. The van der Waals surface area contributed by atoms with Gasteiger partial charge in [0.05, 0.1) is 19.4 Å². The summed E-state index contributed by atoms with van der Waals surface area (Å²) in [5, 5.41) is 3.42. The van der Waals surface area contributed by atoms with E-state index < -0.39 is 0 Å². The molecule has 3 aromatic rings. The molecule has 0 unspecified atom stereocenters. The monoisotopic (exact) mass is 451 g/mol. The number of ether oxygens (including phenoxy) is 2. The van der Waals surface area contributed by atoms with Gasteiger partial charge in [-0.05, 0) is 66.6 Å². The lowest BCUT2D eigenvalue weighted by atomic mass is 10.0. The van der Waals surface area contributed by atoms with E-state index in [0.29, 0.717) is 47.0 Å². The van der Waals surface area contributed by atoms with Crippen molar-refractivity contribution in [3.63, 3.8) is 0 Å². The van der Waals surface area contributed by atoms with Gasteiger partial charge in [-0.1, -0.05) is 30.7 Å². The SMILES string of the molecule is CCC(=O)c1cc(OCCc2cccc(OC)c2)ccc1NC(=O)c1ccc(Cl)cc1C. The second-order valence-electron chi connectivity index (χ2n) is 7.35. The van der Waals surface area contributed by atoms with E-state index in [9.17, 15) is 9.59 Å². The number of methoxy groups -OCH3 is 1. The van der Waals surface area contributed by atoms with Crippen LogP contribution in [0.4, 0.5) is 5.69 Å². The Morgan fingerprint density at radius 2 is 1.78 bits per heavy atom. The predicted octanol–water partition coefficient (Wildman–Crippen LogP) is 6.12. The van der Waals surface area contributed by atoms with Crippen LogP contribution in [0.25, 0.3) is 0 Å². The third-order valence-corrected chi connectivity index (χ3v) is 5.32. The van der Waals surface area contributed by atoms with Gasteiger partial charge < -0.3 is 14.8 Å². The Balaban J connectivity index is 1.73. The van der Waals surface area contributed by atoms with Crippen LogP contribution in [0.3, 0.4) is 0 Å². The first-order valence-corrected chi connectivity index (χ1v) is 10.8. The highest BCUT2D eigenvalue weighted by Gasteiger charge is 2.16. The molecular formula is C26H26ClNO4. The molecule has 0 aliphatic heterocycles. The summed E-state index contributed by atoms with van der Waals surface area (Å²) in [5.41, 5.74) is 3.23. The molecule has 6 heteroatoms. The Hall–Kier alpha value is -3.31. The largest absolute Gasteiger partial charge is 0.497 e. The quantitative estimate of drug-likeness (QED) is 0.398. The van der Waals surface area contributed by atoms with Crippen molar-refractivity contribution in [3.05, 3.63) is 87.9 Å². The van der Waals surface area contributed by atoms with Gasteiger partial charge in [0, 0.05) is 29.0 Å². The highest BCUT2D eigenvalue weighted by molar-refractivity contribution is 6.30. The molecule has 3 rings (SSSR count). The Bertz CT molecular complexity index is 1130. The zero-order valence-electron chi connectivity index (χ0n) is 18.4. The molecule has 0 heterocycles. The normalized spacial score (nSPS) is 10.5. The molecule has 0 aliphatic rings. The van der Waals surface area contributed by atoms with Crippen LogP contribution < -0.4 is 14.8 Å². The van der Waals surface area contributed by atoms with E-state index in [4.69, 9.17) is 21.1 Å². The summed E-state index contributed by atoms with van der Waals surface area (Å²) < 4.78 is 11.1. The van der Waals surface area contributed by atoms with Crippen LogP contribution in [0, 0.1) is 6.92 Å². The lowest BCUT2D eigenvalue weighted by Gasteiger charge is -2.14. The zero-order chi connectivity index (χ0) is 23.1. The van der Waals surface area contributed by atoms with E-state index in [1.54, 1.807) is 50.4 Å². The van der Waals surface area contributed by atoms with Crippen molar-refractivity contribution in [2.45, 2.75) is 26.7 Å². The average Bonchev–Trinajstić information content (AvgIpc) is 2.79. The van der Waals surface area contributed by atoms with E-state index in [0.717, 1.165) is 16.9 Å². The van der Waals surface area contributed by atoms with Crippen LogP contribution in [-0.2, 0) is 6.42 Å². The number of rotatable bonds is 9. The lowest BCUT2D eigenvalue weighted by Crippen LogP contribution is -2.16. The smallest absolute Gasteiger partial charge is 0.255 e. The van der Waals surface area contributed by atoms with Crippen molar-refractivity contribution in [3.8, 4) is 11.5 Å². The number of anilines is 1. The topological polar surface area (TPSA) is 64.6 Å². The fourth-order valence-electron chi connectivity index (χ4n) is 3.33. The average molecular weight is 452 g/mol. The van der Waals surface area contributed by atoms with E-state index in [-0.39, 0.29) is 11.7 Å². The molecule has 0 aliphatic carbocycles. The molecule has 166 valence electrons. The summed E-state index contributed by atoms with van der Waals surface area (Å²) in [6.45, 7) is 4.05. The number of carbonyl (C=O) groups excluding carboxylic acids is 2. The highest BCUT2D eigenvalue weighted by Crippen LogP contribution is 2.25. The van der Waals surface area contributed by atoms with E-state index in [2.05, 4.69) is 5.32 Å². The number of benzene rings is 3. The van der Waals surface area contributed by atoms with Gasteiger partial charge in [0.2, 0.25) is 0 Å². The molecule has 0 spiro atoms. The first kappa shape index (κ1) is 23.4. The number of aryl methyl sites for hydroxylation is 1. The molecule has 3 aromatic carbocycles. The minimum Gasteiger partial charge on any atom is -0.497 e. The van der Waals surface area contributed by atoms with Crippen LogP contribution in [-0.4, -0.2) is 25.4 Å². The lowest BCUT2D eigenvalue weighted by molar-refractivity contribution is 0.0988. The van der Waals surface area contributed by atoms with Gasteiger partial charge in [0.1, 0.15) is 11.5 Å². The predicted molar refractivity (Wildman–Crippen MR) is 127 cm³/mol. The minimum absolute atomic E-state index is 0.0774. The van der Waals surface area contributed by atoms with Crippen molar-refractivity contribution in [2.24, 2.45) is 0 Å². The molecule has 0 saturated heterocycles. The fraction of sp³-hybridized carbons (Fsp3) is 0.231. The molecule has 0 fully saturated rings. The first-order chi connectivity index (χ1) is 15.4. The molecule has 5 nitrogen and oxygen atoms in total. The van der Waals surface area contributed by atoms with E-state index in [1.165, 1.54) is 0 Å². The van der Waals surface area contributed by atoms with Gasteiger partial charge in [0.15, 0.2) is 5.78 Å². The number of carbonyl (C=O) groups is 2. The molecule has 1 amide bonds. The molecular weight excluding hydrogens is 426 g/mol. The summed E-state index contributed by atoms with van der Waals surface area (Å²) in [6, 6.07) is 18.0. The van der Waals surface area contributed by atoms with Crippen molar-refractivity contribution < 1.29 is 19.1 Å². The van der Waals surface area contributed by atoms with Crippen LogP contribution in [0.15, 0.2) is 60.7 Å². The number of halogens is 1. The van der Waals surface area contributed by atoms with E-state index >= 15 is 0 Å². The number of amides is 1. The van der Waals surface area contributed by atoms with E-state index in [1.807, 2.05) is 31.2 Å². The Labute approximate surface area is 193 Å². The fourth-order valence-corrected chi connectivity index (χ4v) is 3.56. The van der Waals surface area contributed by atoms with Gasteiger partial charge in [-0.2, -0.15) is 0 Å². The Kier molecular flexibility index (Phi) is 7.90. The number of Topliss-reactive ketones (excluding diaryl/α,β-unsaturated/α-hetero) is 1. The number of hydrogen-bond donors (Lipinski definition) is 1. The third-order valence-electron chi connectivity index (χ3n) is 5.09. The zero-order valence-corrected chi connectivity index (χ0v) is 19.2. The molecule has 0 aromatic heterocycles. The maximum atomic E-state index is 12.8. The van der Waals surface area contributed by atoms with Gasteiger partial charge in [-0.3, -0.25) is 9.59 Å². The molecule has 0 atom stereocenters. The van der Waals surface area contributed by atoms with Crippen LogP contribution in [0.1, 0.15) is 45.2 Å². The van der Waals surface area contributed by atoms with Crippen LogP contribution in [0.2, 0.25) is 5.02 Å². The molecule has 1 N–H and O–H groups in total. The minimum atomic E-state index is -0.295. The molecule has 0 saturated carbocycles. The Morgan fingerprint density at radius 1 is 0.969 bits per heavy atom. The van der Waals surface area contributed by atoms with Gasteiger partial charge in [-0.15, -0.1) is 0 Å². The summed E-state index contributed by atoms with van der Waals surface area (Å²) in [7, 11) is 1.64.